The number of amides is 1. The van der Waals surface area contributed by atoms with E-state index in [-0.39, 0.29) is 18.6 Å². The molecule has 1 atom stereocenters. The van der Waals surface area contributed by atoms with E-state index in [0.29, 0.717) is 13.2 Å². The zero-order valence-electron chi connectivity index (χ0n) is 8.03. The summed E-state index contributed by atoms with van der Waals surface area (Å²) in [5.74, 6) is -0.160. The molecule has 1 amide bonds. The molecule has 1 heterocycles. The maximum Gasteiger partial charge on any atom is 0.265 e. The lowest BCUT2D eigenvalue weighted by Crippen LogP contribution is -2.36. The second-order valence-corrected chi connectivity index (χ2v) is 3.26. The summed E-state index contributed by atoms with van der Waals surface area (Å²) in [5.41, 5.74) is 5.44. The van der Waals surface area contributed by atoms with Gasteiger partial charge in [-0.2, -0.15) is 0 Å². The van der Waals surface area contributed by atoms with Crippen molar-refractivity contribution in [3.05, 3.63) is 0 Å². The standard InChI is InChI=1S/C8H16N2O3/c1-6(2)12-4-3-10-8(11)7(9)5-13-10/h6-7H,3-5,9H2,1-2H3. The van der Waals surface area contributed by atoms with E-state index in [9.17, 15) is 4.79 Å². The molecule has 1 rings (SSSR count). The van der Waals surface area contributed by atoms with E-state index in [0.717, 1.165) is 0 Å². The fourth-order valence-corrected chi connectivity index (χ4v) is 1.04. The lowest BCUT2D eigenvalue weighted by molar-refractivity contribution is -0.165. The first kappa shape index (κ1) is 10.4. The van der Waals surface area contributed by atoms with Crippen molar-refractivity contribution in [3.63, 3.8) is 0 Å². The van der Waals surface area contributed by atoms with Gasteiger partial charge in [-0.1, -0.05) is 0 Å². The molecule has 5 nitrogen and oxygen atoms in total. The minimum Gasteiger partial charge on any atom is -0.377 e. The molecule has 1 fully saturated rings. The number of nitrogens with two attached hydrogens (primary N) is 1. The Morgan fingerprint density at radius 3 is 2.92 bits per heavy atom. The SMILES string of the molecule is CC(C)OCCN1OCC(N)C1=O. The van der Waals surface area contributed by atoms with E-state index in [1.807, 2.05) is 13.8 Å². The average Bonchev–Trinajstić information content (AvgIpc) is 2.35. The molecule has 0 aromatic carbocycles. The summed E-state index contributed by atoms with van der Waals surface area (Å²) in [5, 5.41) is 1.27. The Kier molecular flexibility index (Phi) is 3.65. The normalized spacial score (nSPS) is 23.2. The van der Waals surface area contributed by atoms with Crippen LogP contribution in [0.4, 0.5) is 0 Å². The van der Waals surface area contributed by atoms with Crippen LogP contribution in [-0.2, 0) is 14.4 Å². The second kappa shape index (κ2) is 4.55. The van der Waals surface area contributed by atoms with E-state index in [1.165, 1.54) is 5.06 Å². The molecule has 1 aliphatic rings. The molecule has 0 aliphatic carbocycles. The fourth-order valence-electron chi connectivity index (χ4n) is 1.04. The third kappa shape index (κ3) is 2.95. The van der Waals surface area contributed by atoms with Gasteiger partial charge in [-0.3, -0.25) is 9.63 Å². The van der Waals surface area contributed by atoms with Crippen LogP contribution < -0.4 is 5.73 Å². The van der Waals surface area contributed by atoms with Crippen LogP contribution in [0, 0.1) is 0 Å². The topological polar surface area (TPSA) is 64.8 Å². The Morgan fingerprint density at radius 2 is 2.46 bits per heavy atom. The van der Waals surface area contributed by atoms with Crippen LogP contribution >= 0.6 is 0 Å². The maximum atomic E-state index is 11.2. The molecule has 1 saturated heterocycles. The smallest absolute Gasteiger partial charge is 0.265 e. The van der Waals surface area contributed by atoms with Crippen molar-refractivity contribution >= 4 is 5.91 Å². The second-order valence-electron chi connectivity index (χ2n) is 3.26. The quantitative estimate of drug-likeness (QED) is 0.646. The summed E-state index contributed by atoms with van der Waals surface area (Å²) in [6, 6.07) is -0.501. The highest BCUT2D eigenvalue weighted by Crippen LogP contribution is 2.05. The summed E-state index contributed by atoms with van der Waals surface area (Å²) < 4.78 is 5.27. The van der Waals surface area contributed by atoms with Gasteiger partial charge in [0, 0.05) is 0 Å². The van der Waals surface area contributed by atoms with Crippen molar-refractivity contribution in [3.8, 4) is 0 Å². The van der Waals surface area contributed by atoms with Gasteiger partial charge < -0.3 is 10.5 Å². The first-order valence-corrected chi connectivity index (χ1v) is 4.42. The first-order chi connectivity index (χ1) is 6.11. The molecule has 5 heteroatoms. The van der Waals surface area contributed by atoms with Gasteiger partial charge in [0.15, 0.2) is 0 Å². The zero-order chi connectivity index (χ0) is 9.84. The molecular weight excluding hydrogens is 172 g/mol. The van der Waals surface area contributed by atoms with E-state index >= 15 is 0 Å². The summed E-state index contributed by atoms with van der Waals surface area (Å²) >= 11 is 0. The highest BCUT2D eigenvalue weighted by atomic mass is 16.7. The summed E-state index contributed by atoms with van der Waals surface area (Å²) in [4.78, 5) is 16.2. The first-order valence-electron chi connectivity index (χ1n) is 4.42. The molecule has 1 aliphatic heterocycles. The van der Waals surface area contributed by atoms with Gasteiger partial charge in [-0.15, -0.1) is 0 Å². The van der Waals surface area contributed by atoms with E-state index in [2.05, 4.69) is 0 Å². The van der Waals surface area contributed by atoms with Crippen LogP contribution in [0.25, 0.3) is 0 Å². The van der Waals surface area contributed by atoms with Gasteiger partial charge in [0.05, 0.1) is 25.9 Å². The molecule has 1 unspecified atom stereocenters. The van der Waals surface area contributed by atoms with Gasteiger partial charge in [0.1, 0.15) is 6.04 Å². The molecule has 2 N–H and O–H groups in total. The Bertz CT molecular complexity index is 184. The fraction of sp³-hybridized carbons (Fsp3) is 0.875. The lowest BCUT2D eigenvalue weighted by atomic mass is 10.3. The molecule has 0 saturated carbocycles. The lowest BCUT2D eigenvalue weighted by Gasteiger charge is -2.15. The molecule has 0 spiro atoms. The predicted molar refractivity (Wildman–Crippen MR) is 46.7 cm³/mol. The Morgan fingerprint density at radius 1 is 1.77 bits per heavy atom. The van der Waals surface area contributed by atoms with Crippen molar-refractivity contribution in [2.24, 2.45) is 5.73 Å². The van der Waals surface area contributed by atoms with E-state index in [1.54, 1.807) is 0 Å². The molecule has 13 heavy (non-hydrogen) atoms. The van der Waals surface area contributed by atoms with Crippen LogP contribution in [0.3, 0.4) is 0 Å². The third-order valence-electron chi connectivity index (χ3n) is 1.72. The van der Waals surface area contributed by atoms with Gasteiger partial charge in [-0.25, -0.2) is 5.06 Å². The minimum atomic E-state index is -0.501. The van der Waals surface area contributed by atoms with Crippen LogP contribution in [0.1, 0.15) is 13.8 Å². The number of hydrogen-bond donors (Lipinski definition) is 1. The summed E-state index contributed by atoms with van der Waals surface area (Å²) in [6.07, 6.45) is 0.173. The largest absolute Gasteiger partial charge is 0.377 e. The van der Waals surface area contributed by atoms with Crippen molar-refractivity contribution in [2.45, 2.75) is 26.0 Å². The molecule has 0 bridgehead atoms. The zero-order valence-corrected chi connectivity index (χ0v) is 8.03. The number of rotatable bonds is 4. The molecule has 0 aromatic heterocycles. The Balaban J connectivity index is 2.19. The van der Waals surface area contributed by atoms with E-state index < -0.39 is 6.04 Å². The monoisotopic (exact) mass is 188 g/mol. The number of nitrogens with zero attached hydrogens (tertiary/aromatic N) is 1. The van der Waals surface area contributed by atoms with E-state index in [4.69, 9.17) is 15.3 Å². The Labute approximate surface area is 77.7 Å². The van der Waals surface area contributed by atoms with Crippen molar-refractivity contribution in [2.75, 3.05) is 19.8 Å². The number of carbonyl (C=O) groups excluding carboxylic acids is 1. The van der Waals surface area contributed by atoms with Crippen LogP contribution in [0.5, 0.6) is 0 Å². The number of hydrogen-bond acceptors (Lipinski definition) is 4. The van der Waals surface area contributed by atoms with Gasteiger partial charge >= 0.3 is 0 Å². The van der Waals surface area contributed by atoms with Gasteiger partial charge in [0.2, 0.25) is 0 Å². The maximum absolute atomic E-state index is 11.2. The summed E-state index contributed by atoms with van der Waals surface area (Å²) in [7, 11) is 0. The molecule has 0 radical (unpaired) electrons. The number of hydroxylamine groups is 2. The minimum absolute atomic E-state index is 0.160. The number of ether oxygens (including phenoxy) is 1. The van der Waals surface area contributed by atoms with Crippen molar-refractivity contribution in [1.29, 1.82) is 0 Å². The molecule has 0 aromatic rings. The Hall–Kier alpha value is -0.650. The van der Waals surface area contributed by atoms with Crippen LogP contribution in [-0.4, -0.2) is 42.9 Å². The molecule has 76 valence electrons. The van der Waals surface area contributed by atoms with Crippen LogP contribution in [0.2, 0.25) is 0 Å². The van der Waals surface area contributed by atoms with Crippen molar-refractivity contribution < 1.29 is 14.4 Å². The van der Waals surface area contributed by atoms with Gasteiger partial charge in [0.25, 0.3) is 5.91 Å². The highest BCUT2D eigenvalue weighted by Gasteiger charge is 2.29. The summed E-state index contributed by atoms with van der Waals surface area (Å²) in [6.45, 7) is 5.10. The van der Waals surface area contributed by atoms with Crippen molar-refractivity contribution in [1.82, 2.24) is 5.06 Å². The number of carbonyl (C=O) groups is 1. The average molecular weight is 188 g/mol. The van der Waals surface area contributed by atoms with Gasteiger partial charge in [-0.05, 0) is 13.8 Å². The van der Waals surface area contributed by atoms with Crippen LogP contribution in [0.15, 0.2) is 0 Å². The highest BCUT2D eigenvalue weighted by molar-refractivity contribution is 5.82. The molecular formula is C8H16N2O3. The third-order valence-corrected chi connectivity index (χ3v) is 1.72. The predicted octanol–water partition coefficient (Wildman–Crippen LogP) is -0.487.